The molecule has 1 aromatic heterocycles. The first-order chi connectivity index (χ1) is 10.7. The molecule has 0 bridgehead atoms. The molecule has 6 heteroatoms. The second-order valence-corrected chi connectivity index (χ2v) is 5.47. The third-order valence-corrected chi connectivity index (χ3v) is 4.14. The molecule has 2 aromatic carbocycles. The lowest BCUT2D eigenvalue weighted by Crippen LogP contribution is -2.22. The van der Waals surface area contributed by atoms with E-state index in [4.69, 9.17) is 16.3 Å². The van der Waals surface area contributed by atoms with Gasteiger partial charge in [-0.05, 0) is 18.2 Å². The van der Waals surface area contributed by atoms with E-state index in [0.29, 0.717) is 5.02 Å². The Morgan fingerprint density at radius 3 is 2.59 bits per heavy atom. The Morgan fingerprint density at radius 2 is 1.91 bits per heavy atom. The predicted molar refractivity (Wildman–Crippen MR) is 78.8 cm³/mol. The van der Waals surface area contributed by atoms with Crippen molar-refractivity contribution in [3.05, 3.63) is 83.2 Å². The molecule has 0 radical (unpaired) electrons. The van der Waals surface area contributed by atoms with Crippen molar-refractivity contribution >= 4 is 11.6 Å². The first kappa shape index (κ1) is 13.4. The molecule has 4 nitrogen and oxygen atoms in total. The molecular formula is C16H11ClFN3O. The number of epoxide rings is 1. The van der Waals surface area contributed by atoms with Crippen molar-refractivity contribution in [2.75, 3.05) is 0 Å². The summed E-state index contributed by atoms with van der Waals surface area (Å²) in [5.74, 6) is -0.299. The highest BCUT2D eigenvalue weighted by atomic mass is 35.5. The average Bonchev–Trinajstić information content (AvgIpc) is 3.03. The van der Waals surface area contributed by atoms with E-state index in [9.17, 15) is 4.39 Å². The minimum absolute atomic E-state index is 0.298. The quantitative estimate of drug-likeness (QED) is 0.694. The number of nitrogens with zero attached hydrogens (tertiary/aromatic N) is 3. The molecule has 0 N–H and O–H groups in total. The van der Waals surface area contributed by atoms with Crippen molar-refractivity contribution in [2.45, 2.75) is 11.8 Å². The minimum atomic E-state index is -0.838. The highest BCUT2D eigenvalue weighted by molar-refractivity contribution is 6.31. The normalized spacial score (nSPS) is 23.5. The molecule has 0 unspecified atom stereocenters. The average molecular weight is 316 g/mol. The second kappa shape index (κ2) is 4.90. The maximum absolute atomic E-state index is 13.2. The molecule has 1 aliphatic heterocycles. The number of hydrogen-bond acceptors (Lipinski definition) is 3. The zero-order valence-electron chi connectivity index (χ0n) is 11.4. The Hall–Kier alpha value is -2.24. The second-order valence-electron chi connectivity index (χ2n) is 5.06. The summed E-state index contributed by atoms with van der Waals surface area (Å²) in [7, 11) is 0. The number of rotatable bonds is 3. The number of benzene rings is 2. The molecule has 3 aromatic rings. The SMILES string of the molecule is Fc1ccc([C@@]2(n3cncn3)O[C@H]2c2ccccc2Cl)cc1. The number of ether oxygens (including phenoxy) is 1. The monoisotopic (exact) mass is 315 g/mol. The third kappa shape index (κ3) is 1.94. The van der Waals surface area contributed by atoms with Crippen molar-refractivity contribution in [3.63, 3.8) is 0 Å². The van der Waals surface area contributed by atoms with Crippen molar-refractivity contribution in [2.24, 2.45) is 0 Å². The fourth-order valence-electron chi connectivity index (χ4n) is 2.70. The number of hydrogen-bond donors (Lipinski definition) is 0. The molecule has 2 atom stereocenters. The van der Waals surface area contributed by atoms with Crippen LogP contribution in [0.1, 0.15) is 17.2 Å². The molecule has 22 heavy (non-hydrogen) atoms. The summed E-state index contributed by atoms with van der Waals surface area (Å²) in [6.07, 6.45) is 2.73. The summed E-state index contributed by atoms with van der Waals surface area (Å²) in [6.45, 7) is 0. The van der Waals surface area contributed by atoms with E-state index < -0.39 is 5.72 Å². The lowest BCUT2D eigenvalue weighted by molar-refractivity contribution is 0.245. The molecule has 2 heterocycles. The molecule has 4 rings (SSSR count). The molecular weight excluding hydrogens is 305 g/mol. The van der Waals surface area contributed by atoms with Crippen LogP contribution >= 0.6 is 11.6 Å². The van der Waals surface area contributed by atoms with Crippen LogP contribution in [0.25, 0.3) is 0 Å². The minimum Gasteiger partial charge on any atom is -0.333 e. The van der Waals surface area contributed by atoms with E-state index in [-0.39, 0.29) is 11.9 Å². The Bertz CT molecular complexity index is 807. The molecule has 0 saturated carbocycles. The van der Waals surface area contributed by atoms with Gasteiger partial charge in [0.25, 0.3) is 0 Å². The van der Waals surface area contributed by atoms with Gasteiger partial charge in [-0.25, -0.2) is 14.1 Å². The standard InChI is InChI=1S/C16H11ClFN3O/c17-14-4-2-1-3-13(14)15-16(22-15,21-10-19-9-20-21)11-5-7-12(18)8-6-11/h1-10,15H/t15-,16+/m0/s1. The first-order valence-corrected chi connectivity index (χ1v) is 7.13. The van der Waals surface area contributed by atoms with Gasteiger partial charge in [0, 0.05) is 16.1 Å². The zero-order chi connectivity index (χ0) is 15.2. The van der Waals surface area contributed by atoms with Crippen LogP contribution < -0.4 is 0 Å². The van der Waals surface area contributed by atoms with Gasteiger partial charge in [0.05, 0.1) is 0 Å². The Labute approximate surface area is 131 Å². The Kier molecular flexibility index (Phi) is 2.99. The van der Waals surface area contributed by atoms with E-state index in [1.165, 1.54) is 18.5 Å². The van der Waals surface area contributed by atoms with Gasteiger partial charge in [-0.2, -0.15) is 5.10 Å². The highest BCUT2D eigenvalue weighted by Crippen LogP contribution is 2.58. The van der Waals surface area contributed by atoms with Crippen LogP contribution in [-0.2, 0) is 10.5 Å². The summed E-state index contributed by atoms with van der Waals surface area (Å²) in [5, 5.41) is 4.82. The zero-order valence-corrected chi connectivity index (χ0v) is 12.1. The fraction of sp³-hybridized carbons (Fsp3) is 0.125. The number of aromatic nitrogens is 3. The van der Waals surface area contributed by atoms with Crippen LogP contribution in [0.4, 0.5) is 4.39 Å². The van der Waals surface area contributed by atoms with Crippen LogP contribution in [0.15, 0.2) is 61.2 Å². The molecule has 0 amide bonds. The molecule has 0 aliphatic carbocycles. The summed E-state index contributed by atoms with van der Waals surface area (Å²) in [5.41, 5.74) is 0.822. The van der Waals surface area contributed by atoms with Gasteiger partial charge in [-0.1, -0.05) is 41.9 Å². The van der Waals surface area contributed by atoms with E-state index in [1.807, 2.05) is 24.3 Å². The molecule has 1 saturated heterocycles. The van der Waals surface area contributed by atoms with Crippen LogP contribution in [0.5, 0.6) is 0 Å². The summed E-state index contributed by atoms with van der Waals surface area (Å²) in [4.78, 5) is 3.99. The topological polar surface area (TPSA) is 43.2 Å². The fourth-order valence-corrected chi connectivity index (χ4v) is 2.94. The maximum atomic E-state index is 13.2. The van der Waals surface area contributed by atoms with Crippen LogP contribution in [0.2, 0.25) is 5.02 Å². The van der Waals surface area contributed by atoms with Crippen LogP contribution in [0, 0.1) is 5.82 Å². The predicted octanol–water partition coefficient (Wildman–Crippen LogP) is 3.54. The lowest BCUT2D eigenvalue weighted by Gasteiger charge is -2.14. The largest absolute Gasteiger partial charge is 0.333 e. The molecule has 110 valence electrons. The molecule has 1 aliphatic rings. The maximum Gasteiger partial charge on any atom is 0.220 e. The first-order valence-electron chi connectivity index (χ1n) is 6.75. The van der Waals surface area contributed by atoms with Crippen LogP contribution in [-0.4, -0.2) is 14.8 Å². The smallest absolute Gasteiger partial charge is 0.220 e. The van der Waals surface area contributed by atoms with E-state index in [2.05, 4.69) is 10.1 Å². The van der Waals surface area contributed by atoms with Gasteiger partial charge in [0.15, 0.2) is 0 Å². The Morgan fingerprint density at radius 1 is 1.14 bits per heavy atom. The van der Waals surface area contributed by atoms with Gasteiger partial charge in [-0.15, -0.1) is 0 Å². The van der Waals surface area contributed by atoms with Crippen LogP contribution in [0.3, 0.4) is 0 Å². The van der Waals surface area contributed by atoms with E-state index in [1.54, 1.807) is 23.1 Å². The van der Waals surface area contributed by atoms with Gasteiger partial charge in [0.1, 0.15) is 24.6 Å². The third-order valence-electron chi connectivity index (χ3n) is 3.80. The van der Waals surface area contributed by atoms with Crippen molar-refractivity contribution in [3.8, 4) is 0 Å². The van der Waals surface area contributed by atoms with Crippen molar-refractivity contribution in [1.29, 1.82) is 0 Å². The van der Waals surface area contributed by atoms with Gasteiger partial charge in [0.2, 0.25) is 5.72 Å². The summed E-state index contributed by atoms with van der Waals surface area (Å²) < 4.78 is 20.9. The summed E-state index contributed by atoms with van der Waals surface area (Å²) >= 11 is 6.28. The molecule has 0 spiro atoms. The highest BCUT2D eigenvalue weighted by Gasteiger charge is 2.62. The number of halogens is 2. The summed E-state index contributed by atoms with van der Waals surface area (Å²) in [6, 6.07) is 13.7. The van der Waals surface area contributed by atoms with E-state index >= 15 is 0 Å². The van der Waals surface area contributed by atoms with E-state index in [0.717, 1.165) is 11.1 Å². The van der Waals surface area contributed by atoms with Gasteiger partial charge < -0.3 is 4.74 Å². The van der Waals surface area contributed by atoms with Crippen molar-refractivity contribution in [1.82, 2.24) is 14.8 Å². The van der Waals surface area contributed by atoms with Crippen molar-refractivity contribution < 1.29 is 9.13 Å². The van der Waals surface area contributed by atoms with Gasteiger partial charge >= 0.3 is 0 Å². The Balaban J connectivity index is 1.83. The van der Waals surface area contributed by atoms with Gasteiger partial charge in [-0.3, -0.25) is 0 Å². The molecule has 1 fully saturated rings. The lowest BCUT2D eigenvalue weighted by atomic mass is 9.99.